The van der Waals surface area contributed by atoms with Crippen LogP contribution < -0.4 is 4.90 Å². The summed E-state index contributed by atoms with van der Waals surface area (Å²) in [5.41, 5.74) is 3.68. The second-order valence-electron chi connectivity index (χ2n) is 7.63. The first kappa shape index (κ1) is 18.1. The van der Waals surface area contributed by atoms with Crippen LogP contribution in [0, 0.1) is 0 Å². The van der Waals surface area contributed by atoms with Crippen LogP contribution in [0.4, 0.5) is 10.5 Å². The maximum Gasteiger partial charge on any atom is 0.293 e. The summed E-state index contributed by atoms with van der Waals surface area (Å²) >= 11 is 1.04. The van der Waals surface area contributed by atoms with E-state index in [1.807, 2.05) is 19.1 Å². The molecule has 1 aromatic rings. The minimum absolute atomic E-state index is 0.136. The molecule has 1 saturated heterocycles. The van der Waals surface area contributed by atoms with Crippen molar-refractivity contribution in [3.8, 4) is 0 Å². The van der Waals surface area contributed by atoms with Crippen LogP contribution in [0.15, 0.2) is 23.1 Å². The van der Waals surface area contributed by atoms with Gasteiger partial charge in [0.25, 0.3) is 11.1 Å². The van der Waals surface area contributed by atoms with Gasteiger partial charge in [-0.3, -0.25) is 14.5 Å². The molecule has 0 radical (unpaired) electrons. The molecular formula is C20H26N2O2S. The lowest BCUT2D eigenvalue weighted by atomic mass is 9.80. The van der Waals surface area contributed by atoms with Crippen molar-refractivity contribution >= 4 is 34.7 Å². The van der Waals surface area contributed by atoms with Crippen LogP contribution >= 0.6 is 11.8 Å². The summed E-state index contributed by atoms with van der Waals surface area (Å²) in [6.45, 7) is 9.25. The van der Waals surface area contributed by atoms with E-state index in [0.29, 0.717) is 17.4 Å². The van der Waals surface area contributed by atoms with E-state index in [1.165, 1.54) is 16.2 Å². The van der Waals surface area contributed by atoms with Gasteiger partial charge in [-0.2, -0.15) is 0 Å². The second kappa shape index (κ2) is 6.52. The third kappa shape index (κ3) is 3.22. The van der Waals surface area contributed by atoms with Crippen LogP contribution in [0.1, 0.15) is 57.6 Å². The van der Waals surface area contributed by atoms with Crippen LogP contribution in [-0.2, 0) is 4.79 Å². The molecule has 3 rings (SSSR count). The first-order valence-corrected chi connectivity index (χ1v) is 9.69. The Balaban J connectivity index is 1.92. The molecule has 1 aromatic carbocycles. The van der Waals surface area contributed by atoms with Crippen LogP contribution in [0.5, 0.6) is 0 Å². The third-order valence-corrected chi connectivity index (χ3v) is 6.18. The van der Waals surface area contributed by atoms with E-state index in [4.69, 9.17) is 0 Å². The Morgan fingerprint density at radius 1 is 1.32 bits per heavy atom. The average molecular weight is 359 g/mol. The molecule has 2 aliphatic rings. The Hall–Kier alpha value is -1.75. The van der Waals surface area contributed by atoms with Crippen molar-refractivity contribution in [3.05, 3.63) is 34.2 Å². The lowest BCUT2D eigenvalue weighted by Crippen LogP contribution is -2.45. The van der Waals surface area contributed by atoms with Crippen molar-refractivity contribution in [3.63, 3.8) is 0 Å². The molecule has 2 heterocycles. The fraction of sp³-hybridized carbons (Fsp3) is 0.500. The molecule has 2 amide bonds. The largest absolute Gasteiger partial charge is 0.369 e. The fourth-order valence-electron chi connectivity index (χ4n) is 3.75. The second-order valence-corrected chi connectivity index (χ2v) is 8.62. The standard InChI is InChI=1S/C20H26N2O2S/c1-6-9-22-18(23)17(25-19(22)24)11-14-7-8-16-15(10-14)13(2)12-20(3,4)21(16)5/h7-8,10-11,13H,6,9,12H2,1-5H3/b17-11+. The Morgan fingerprint density at radius 3 is 2.72 bits per heavy atom. The van der Waals surface area contributed by atoms with Crippen molar-refractivity contribution in [2.45, 2.75) is 52.0 Å². The third-order valence-electron chi connectivity index (χ3n) is 5.28. The molecule has 1 fully saturated rings. The summed E-state index contributed by atoms with van der Waals surface area (Å²) in [5, 5.41) is -0.161. The van der Waals surface area contributed by atoms with Crippen molar-refractivity contribution in [2.24, 2.45) is 0 Å². The average Bonchev–Trinajstić information content (AvgIpc) is 2.80. The molecule has 0 bridgehead atoms. The van der Waals surface area contributed by atoms with Gasteiger partial charge in [0.2, 0.25) is 0 Å². The molecule has 4 nitrogen and oxygen atoms in total. The smallest absolute Gasteiger partial charge is 0.293 e. The molecule has 5 heteroatoms. The quantitative estimate of drug-likeness (QED) is 0.724. The van der Waals surface area contributed by atoms with Crippen molar-refractivity contribution in [1.29, 1.82) is 0 Å². The van der Waals surface area contributed by atoms with Gasteiger partial charge < -0.3 is 4.90 Å². The fourth-order valence-corrected chi connectivity index (χ4v) is 4.62. The number of imide groups is 1. The molecule has 2 aliphatic heterocycles. The van der Waals surface area contributed by atoms with E-state index in [9.17, 15) is 9.59 Å². The van der Waals surface area contributed by atoms with E-state index in [2.05, 4.69) is 44.9 Å². The molecule has 0 N–H and O–H groups in total. The SMILES string of the molecule is CCCN1C(=O)S/C(=C/c2ccc3c(c2)C(C)CC(C)(C)N3C)C1=O. The van der Waals surface area contributed by atoms with Crippen molar-refractivity contribution < 1.29 is 9.59 Å². The normalized spacial score (nSPS) is 24.2. The zero-order valence-corrected chi connectivity index (χ0v) is 16.4. The van der Waals surface area contributed by atoms with Gasteiger partial charge in [-0.1, -0.05) is 19.9 Å². The number of anilines is 1. The molecule has 0 aromatic heterocycles. The molecule has 25 heavy (non-hydrogen) atoms. The van der Waals surface area contributed by atoms with E-state index < -0.39 is 0 Å². The molecular weight excluding hydrogens is 332 g/mol. The summed E-state index contributed by atoms with van der Waals surface area (Å²) < 4.78 is 0. The highest BCUT2D eigenvalue weighted by molar-refractivity contribution is 8.18. The Kier molecular flexibility index (Phi) is 4.71. The van der Waals surface area contributed by atoms with Gasteiger partial charge in [0.15, 0.2) is 0 Å². The zero-order valence-electron chi connectivity index (χ0n) is 15.6. The van der Waals surface area contributed by atoms with Gasteiger partial charge in [0.05, 0.1) is 4.91 Å². The Bertz CT molecular complexity index is 754. The monoisotopic (exact) mass is 358 g/mol. The number of fused-ring (bicyclic) bond motifs is 1. The molecule has 134 valence electrons. The highest BCUT2D eigenvalue weighted by Crippen LogP contribution is 2.43. The molecule has 0 aliphatic carbocycles. The first-order valence-electron chi connectivity index (χ1n) is 8.87. The number of rotatable bonds is 3. The summed E-state index contributed by atoms with van der Waals surface area (Å²) in [6.07, 6.45) is 3.73. The number of hydrogen-bond acceptors (Lipinski definition) is 4. The highest BCUT2D eigenvalue weighted by Gasteiger charge is 2.35. The maximum absolute atomic E-state index is 12.4. The van der Waals surface area contributed by atoms with Crippen molar-refractivity contribution in [2.75, 3.05) is 18.5 Å². The van der Waals surface area contributed by atoms with Crippen LogP contribution in [0.2, 0.25) is 0 Å². The van der Waals surface area contributed by atoms with Gasteiger partial charge in [-0.15, -0.1) is 0 Å². The van der Waals surface area contributed by atoms with Gasteiger partial charge in [0.1, 0.15) is 0 Å². The predicted molar refractivity (Wildman–Crippen MR) is 105 cm³/mol. The molecule has 0 saturated carbocycles. The Labute approximate surface area is 154 Å². The Morgan fingerprint density at radius 2 is 2.04 bits per heavy atom. The summed E-state index contributed by atoms with van der Waals surface area (Å²) in [6, 6.07) is 6.34. The topological polar surface area (TPSA) is 40.6 Å². The minimum atomic E-state index is -0.166. The molecule has 1 atom stereocenters. The molecule has 1 unspecified atom stereocenters. The number of nitrogens with zero attached hydrogens (tertiary/aromatic N) is 2. The number of carbonyl (C=O) groups is 2. The minimum Gasteiger partial charge on any atom is -0.369 e. The van der Waals surface area contributed by atoms with Gasteiger partial charge in [-0.05, 0) is 73.7 Å². The lowest BCUT2D eigenvalue weighted by molar-refractivity contribution is -0.122. The van der Waals surface area contributed by atoms with Crippen molar-refractivity contribution in [1.82, 2.24) is 4.90 Å². The van der Waals surface area contributed by atoms with Gasteiger partial charge in [0, 0.05) is 24.8 Å². The van der Waals surface area contributed by atoms with E-state index in [1.54, 1.807) is 0 Å². The van der Waals surface area contributed by atoms with Gasteiger partial charge >= 0.3 is 0 Å². The van der Waals surface area contributed by atoms with E-state index in [0.717, 1.165) is 30.2 Å². The van der Waals surface area contributed by atoms with Crippen LogP contribution in [-0.4, -0.2) is 35.2 Å². The number of benzene rings is 1. The summed E-state index contributed by atoms with van der Waals surface area (Å²) in [5.74, 6) is 0.297. The molecule has 0 spiro atoms. The summed E-state index contributed by atoms with van der Waals surface area (Å²) in [7, 11) is 2.14. The maximum atomic E-state index is 12.4. The number of amides is 2. The van der Waals surface area contributed by atoms with Crippen LogP contribution in [0.3, 0.4) is 0 Å². The van der Waals surface area contributed by atoms with E-state index >= 15 is 0 Å². The number of thioether (sulfide) groups is 1. The van der Waals surface area contributed by atoms with Gasteiger partial charge in [-0.25, -0.2) is 0 Å². The highest BCUT2D eigenvalue weighted by atomic mass is 32.2. The number of hydrogen-bond donors (Lipinski definition) is 0. The first-order chi connectivity index (χ1) is 11.7. The zero-order chi connectivity index (χ0) is 18.4. The predicted octanol–water partition coefficient (Wildman–Crippen LogP) is 4.85. The number of carbonyl (C=O) groups excluding carboxylic acids is 2. The van der Waals surface area contributed by atoms with E-state index in [-0.39, 0.29) is 16.7 Å². The lowest BCUT2D eigenvalue weighted by Gasteiger charge is -2.45. The summed E-state index contributed by atoms with van der Waals surface area (Å²) in [4.78, 5) is 28.6. The van der Waals surface area contributed by atoms with Crippen LogP contribution in [0.25, 0.3) is 6.08 Å².